The molecule has 0 fully saturated rings. The molecule has 0 spiro atoms. The first kappa shape index (κ1) is 18.3. The summed E-state index contributed by atoms with van der Waals surface area (Å²) in [7, 11) is -4.54. The average molecular weight is 357 g/mol. The predicted molar refractivity (Wildman–Crippen MR) is 78.7 cm³/mol. The predicted octanol–water partition coefficient (Wildman–Crippen LogP) is 3.08. The molecule has 1 atom stereocenters. The highest BCUT2D eigenvalue weighted by Gasteiger charge is 2.35. The molecule has 0 aliphatic rings. The molecule has 21 heavy (non-hydrogen) atoms. The number of rotatable bonds is 6. The fourth-order valence-electron chi connectivity index (χ4n) is 1.49. The van der Waals surface area contributed by atoms with E-state index >= 15 is 0 Å². The molecule has 118 valence electrons. The van der Waals surface area contributed by atoms with E-state index in [9.17, 15) is 9.36 Å². The lowest BCUT2D eigenvalue weighted by molar-refractivity contribution is -0.150. The van der Waals surface area contributed by atoms with Gasteiger partial charge < -0.3 is 19.3 Å². The van der Waals surface area contributed by atoms with E-state index in [1.54, 1.807) is 0 Å². The van der Waals surface area contributed by atoms with Crippen LogP contribution in [0.3, 0.4) is 0 Å². The molecular formula is C12H15Cl2O6P. The maximum Gasteiger partial charge on any atom is 0.366 e. The Morgan fingerprint density at radius 1 is 1.33 bits per heavy atom. The Labute approximate surface area is 132 Å². The number of halogens is 2. The summed E-state index contributed by atoms with van der Waals surface area (Å²) in [6.07, 6.45) is 0. The highest BCUT2D eigenvalue weighted by molar-refractivity contribution is 7.52. The number of benzene rings is 1. The number of carbonyl (C=O) groups is 1. The quantitative estimate of drug-likeness (QED) is 0.600. The Morgan fingerprint density at radius 2 is 1.95 bits per heavy atom. The summed E-state index contributed by atoms with van der Waals surface area (Å²) in [5.74, 6) is -2.72. The van der Waals surface area contributed by atoms with Gasteiger partial charge in [0.2, 0.25) is 5.85 Å². The molecular weight excluding hydrogens is 342 g/mol. The van der Waals surface area contributed by atoms with Gasteiger partial charge in [0.25, 0.3) is 0 Å². The summed E-state index contributed by atoms with van der Waals surface area (Å²) >= 11 is 11.6. The lowest BCUT2D eigenvalue weighted by Gasteiger charge is -2.22. The zero-order valence-corrected chi connectivity index (χ0v) is 13.7. The molecule has 1 aromatic carbocycles. The third kappa shape index (κ3) is 5.85. The van der Waals surface area contributed by atoms with E-state index in [0.717, 1.165) is 0 Å². The van der Waals surface area contributed by atoms with Crippen molar-refractivity contribution in [3.8, 4) is 5.75 Å². The third-order valence-electron chi connectivity index (χ3n) is 2.39. The summed E-state index contributed by atoms with van der Waals surface area (Å²) in [6, 6.07) is 4.44. The van der Waals surface area contributed by atoms with Gasteiger partial charge in [0.05, 0.1) is 5.02 Å². The van der Waals surface area contributed by atoms with E-state index < -0.39 is 31.9 Å². The Bertz CT molecular complexity index is 557. The summed E-state index contributed by atoms with van der Waals surface area (Å²) < 4.78 is 21.1. The fourth-order valence-corrected chi connectivity index (χ4v) is 2.99. The van der Waals surface area contributed by atoms with Crippen LogP contribution in [0.4, 0.5) is 0 Å². The van der Waals surface area contributed by atoms with Crippen molar-refractivity contribution in [3.63, 3.8) is 0 Å². The minimum Gasteiger partial charge on any atom is -0.480 e. The van der Waals surface area contributed by atoms with Gasteiger partial charge in [0, 0.05) is 10.9 Å². The van der Waals surface area contributed by atoms with Gasteiger partial charge in [-0.2, -0.15) is 0 Å². The summed E-state index contributed by atoms with van der Waals surface area (Å²) in [6.45, 7) is 2.55. The van der Waals surface area contributed by atoms with Gasteiger partial charge in [-0.25, -0.2) is 4.79 Å². The topological polar surface area (TPSA) is 93.1 Å². The average Bonchev–Trinajstić information content (AvgIpc) is 2.33. The van der Waals surface area contributed by atoms with E-state index in [1.807, 2.05) is 0 Å². The van der Waals surface area contributed by atoms with Crippen molar-refractivity contribution in [2.75, 3.05) is 6.61 Å². The highest BCUT2D eigenvalue weighted by Crippen LogP contribution is 2.45. The fraction of sp³-hybridized carbons (Fsp3) is 0.417. The number of hydrogen-bond acceptors (Lipinski definition) is 4. The first-order chi connectivity index (χ1) is 9.61. The summed E-state index contributed by atoms with van der Waals surface area (Å²) in [5, 5.41) is 0.627. The van der Waals surface area contributed by atoms with Crippen LogP contribution in [0.5, 0.6) is 5.75 Å². The van der Waals surface area contributed by atoms with Gasteiger partial charge in [0.15, 0.2) is 6.61 Å². The van der Waals surface area contributed by atoms with E-state index in [-0.39, 0.29) is 10.8 Å². The molecule has 0 saturated carbocycles. The minimum atomic E-state index is -4.54. The second-order valence-electron chi connectivity index (χ2n) is 4.58. The van der Waals surface area contributed by atoms with Crippen molar-refractivity contribution >= 4 is 36.8 Å². The maximum atomic E-state index is 11.6. The molecule has 0 bridgehead atoms. The summed E-state index contributed by atoms with van der Waals surface area (Å²) in [5.41, 5.74) is 0. The second-order valence-corrected chi connectivity index (χ2v) is 7.11. The monoisotopic (exact) mass is 356 g/mol. The number of carbonyl (C=O) groups excluding carboxylic acids is 1. The lowest BCUT2D eigenvalue weighted by atomic mass is 10.2. The molecule has 1 unspecified atom stereocenters. The van der Waals surface area contributed by atoms with Gasteiger partial charge in [0.1, 0.15) is 5.75 Å². The van der Waals surface area contributed by atoms with Crippen LogP contribution in [-0.4, -0.2) is 28.2 Å². The van der Waals surface area contributed by atoms with Crippen molar-refractivity contribution in [2.45, 2.75) is 19.7 Å². The van der Waals surface area contributed by atoms with Crippen molar-refractivity contribution in [1.82, 2.24) is 0 Å². The third-order valence-corrected chi connectivity index (χ3v) is 4.29. The molecule has 6 nitrogen and oxygen atoms in total. The molecule has 0 aliphatic heterocycles. The van der Waals surface area contributed by atoms with E-state index in [4.69, 9.17) is 42.5 Å². The SMILES string of the molecule is CC(C)C(OC(=O)COc1ccc(Cl)cc1Cl)P(=O)(O)O. The van der Waals surface area contributed by atoms with Gasteiger partial charge in [-0.3, -0.25) is 4.57 Å². The van der Waals surface area contributed by atoms with Crippen LogP contribution in [0.2, 0.25) is 10.0 Å². The van der Waals surface area contributed by atoms with Crippen LogP contribution in [-0.2, 0) is 14.1 Å². The lowest BCUT2D eigenvalue weighted by Crippen LogP contribution is -2.26. The minimum absolute atomic E-state index is 0.214. The molecule has 1 rings (SSSR count). The van der Waals surface area contributed by atoms with Crippen molar-refractivity contribution in [3.05, 3.63) is 28.2 Å². The highest BCUT2D eigenvalue weighted by atomic mass is 35.5. The van der Waals surface area contributed by atoms with Crippen LogP contribution in [0.15, 0.2) is 18.2 Å². The second kappa shape index (κ2) is 7.47. The van der Waals surface area contributed by atoms with Crippen LogP contribution < -0.4 is 4.74 Å². The molecule has 0 radical (unpaired) electrons. The van der Waals surface area contributed by atoms with Gasteiger partial charge in [-0.15, -0.1) is 0 Å². The Hall–Kier alpha value is -0.780. The number of hydrogen-bond donors (Lipinski definition) is 2. The first-order valence-electron chi connectivity index (χ1n) is 5.94. The maximum absolute atomic E-state index is 11.6. The standard InChI is InChI=1S/C12H15Cl2O6P/c1-7(2)12(21(16,17)18)20-11(15)6-19-10-4-3-8(13)5-9(10)14/h3-5,7,12H,6H2,1-2H3,(H2,16,17,18). The van der Waals surface area contributed by atoms with Crippen molar-refractivity contribution < 1.29 is 28.6 Å². The van der Waals surface area contributed by atoms with Gasteiger partial charge >= 0.3 is 13.6 Å². The zero-order chi connectivity index (χ0) is 16.2. The van der Waals surface area contributed by atoms with Crippen molar-refractivity contribution in [1.29, 1.82) is 0 Å². The van der Waals surface area contributed by atoms with E-state index in [2.05, 4.69) is 0 Å². The largest absolute Gasteiger partial charge is 0.480 e. The molecule has 0 aromatic heterocycles. The Kier molecular flexibility index (Phi) is 6.50. The number of ether oxygens (including phenoxy) is 2. The van der Waals surface area contributed by atoms with Crippen LogP contribution in [0, 0.1) is 5.92 Å². The molecule has 0 saturated heterocycles. The van der Waals surface area contributed by atoms with E-state index in [0.29, 0.717) is 5.02 Å². The molecule has 0 heterocycles. The molecule has 9 heteroatoms. The molecule has 0 aliphatic carbocycles. The normalized spacial score (nSPS) is 13.1. The number of esters is 1. The smallest absolute Gasteiger partial charge is 0.366 e. The van der Waals surface area contributed by atoms with Crippen LogP contribution in [0.1, 0.15) is 13.8 Å². The Morgan fingerprint density at radius 3 is 2.43 bits per heavy atom. The molecule has 0 amide bonds. The zero-order valence-electron chi connectivity index (χ0n) is 11.3. The van der Waals surface area contributed by atoms with Gasteiger partial charge in [-0.1, -0.05) is 37.0 Å². The molecule has 1 aromatic rings. The van der Waals surface area contributed by atoms with Gasteiger partial charge in [-0.05, 0) is 18.2 Å². The Balaban J connectivity index is 2.63. The van der Waals surface area contributed by atoms with Crippen molar-refractivity contribution in [2.24, 2.45) is 5.92 Å². The summed E-state index contributed by atoms with van der Waals surface area (Å²) in [4.78, 5) is 29.8. The molecule has 2 N–H and O–H groups in total. The van der Waals surface area contributed by atoms with E-state index in [1.165, 1.54) is 32.0 Å². The first-order valence-corrected chi connectivity index (χ1v) is 8.37. The van der Waals surface area contributed by atoms with Crippen LogP contribution in [0.25, 0.3) is 0 Å². The van der Waals surface area contributed by atoms with Crippen LogP contribution >= 0.6 is 30.8 Å².